The monoisotopic (exact) mass is 1980 g/mol. The zero-order valence-corrected chi connectivity index (χ0v) is 79.8. The van der Waals surface area contributed by atoms with E-state index in [0.29, 0.717) is 182 Å². The molecule has 37 nitrogen and oxygen atoms in total. The Morgan fingerprint density at radius 3 is 0.800 bits per heavy atom. The van der Waals surface area contributed by atoms with Crippen molar-refractivity contribution in [2.24, 2.45) is 0 Å². The number of carbonyl (C=O) groups is 6. The van der Waals surface area contributed by atoms with Gasteiger partial charge in [0.2, 0.25) is 86.8 Å². The maximum absolute atomic E-state index is 12.5. The molecule has 12 aromatic carbocycles. The van der Waals surface area contributed by atoms with Gasteiger partial charge in [0.1, 0.15) is 40.2 Å². The third-order valence-electron chi connectivity index (χ3n) is 21.5. The lowest BCUT2D eigenvalue weighted by atomic mass is 10.1. The van der Waals surface area contributed by atoms with Gasteiger partial charge in [-0.1, -0.05) is 48.6 Å². The number of ketones is 6. The number of hydrogen-bond donors (Lipinski definition) is 7. The highest BCUT2D eigenvalue weighted by Gasteiger charge is 2.27. The van der Waals surface area contributed by atoms with Crippen molar-refractivity contribution in [1.29, 1.82) is 0 Å². The first-order chi connectivity index (χ1) is 70.1. The normalized spacial score (nSPS) is 12.4. The van der Waals surface area contributed by atoms with E-state index < -0.39 is 0 Å². The van der Waals surface area contributed by atoms with E-state index in [4.69, 9.17) is 114 Å². The fourth-order valence-corrected chi connectivity index (χ4v) is 14.2. The van der Waals surface area contributed by atoms with E-state index in [0.717, 1.165) is 0 Å². The molecule has 37 heteroatoms. The molecule has 6 aliphatic heterocycles. The van der Waals surface area contributed by atoms with E-state index in [1.54, 1.807) is 172 Å². The number of hydrogen-bond acceptors (Lipinski definition) is 37. The summed E-state index contributed by atoms with van der Waals surface area (Å²) < 4.78 is 124. The molecule has 0 unspecified atom stereocenters. The van der Waals surface area contributed by atoms with Crippen LogP contribution in [0.3, 0.4) is 0 Å². The zero-order valence-electron chi connectivity index (χ0n) is 79.8. The van der Waals surface area contributed by atoms with Crippen molar-refractivity contribution < 1.29 is 178 Å². The smallest absolute Gasteiger partial charge is 0.231 e. The van der Waals surface area contributed by atoms with Crippen LogP contribution in [-0.2, 0) is 0 Å². The molecule has 12 aromatic rings. The Kier molecular flexibility index (Phi) is 34.5. The van der Waals surface area contributed by atoms with Crippen LogP contribution in [0.2, 0.25) is 0 Å². The summed E-state index contributed by atoms with van der Waals surface area (Å²) in [6.45, 7) is 0.383. The third kappa shape index (κ3) is 25.7. The molecule has 0 radical (unpaired) electrons. The van der Waals surface area contributed by atoms with Crippen LogP contribution in [0.5, 0.6) is 178 Å². The maximum atomic E-state index is 12.5. The molecule has 0 saturated heterocycles. The molecule has 0 spiro atoms. The van der Waals surface area contributed by atoms with E-state index in [1.807, 2.05) is 0 Å². The first-order valence-corrected chi connectivity index (χ1v) is 43.3. The lowest BCUT2D eigenvalue weighted by molar-refractivity contribution is 0.103. The number of carbonyl (C=O) groups excluding carboxylic acids is 6. The predicted molar refractivity (Wildman–Crippen MR) is 525 cm³/mol. The van der Waals surface area contributed by atoms with Gasteiger partial charge in [-0.2, -0.15) is 0 Å². The van der Waals surface area contributed by atoms with Gasteiger partial charge in [0.05, 0.1) is 96.4 Å². The summed E-state index contributed by atoms with van der Waals surface area (Å²) in [5.74, 6) is 7.93. The average Bonchev–Trinajstić information content (AvgIpc) is 1.78. The van der Waals surface area contributed by atoms with Gasteiger partial charge >= 0.3 is 0 Å². The molecular formula is C108H96O37. The molecule has 0 amide bonds. The van der Waals surface area contributed by atoms with Crippen molar-refractivity contribution in [3.63, 3.8) is 0 Å². The van der Waals surface area contributed by atoms with Crippen LogP contribution in [0.15, 0.2) is 212 Å². The topological polar surface area (TPSA) is 466 Å². The second-order valence-electron chi connectivity index (χ2n) is 30.4. The minimum Gasteiger partial charge on any atom is -0.504 e. The first-order valence-electron chi connectivity index (χ1n) is 43.3. The molecule has 0 fully saturated rings. The molecule has 18 rings (SSSR count). The van der Waals surface area contributed by atoms with Gasteiger partial charge in [-0.3, -0.25) is 28.8 Å². The molecule has 7 N–H and O–H groups in total. The molecule has 6 aliphatic rings. The maximum Gasteiger partial charge on any atom is 0.231 e. The predicted octanol–water partition coefficient (Wildman–Crippen LogP) is 17.9. The van der Waals surface area contributed by atoms with Crippen LogP contribution in [-0.4, -0.2) is 197 Å². The van der Waals surface area contributed by atoms with Gasteiger partial charge in [-0.15, -0.1) is 0 Å². The number of ether oxygens (including phenoxy) is 24. The minimum absolute atomic E-state index is 0.0107. The summed E-state index contributed by atoms with van der Waals surface area (Å²) in [7, 11) is 17.9. The number of methoxy groups -OCH3 is 12. The zero-order chi connectivity index (χ0) is 103. The van der Waals surface area contributed by atoms with Crippen molar-refractivity contribution in [2.45, 2.75) is 0 Å². The lowest BCUT2D eigenvalue weighted by Gasteiger charge is -2.13. The summed E-state index contributed by atoms with van der Waals surface area (Å²) in [5, 5.41) is 69.1. The van der Waals surface area contributed by atoms with Crippen molar-refractivity contribution in [2.75, 3.05) is 126 Å². The fourth-order valence-electron chi connectivity index (χ4n) is 14.2. The SMILES string of the molecule is COc1cc(C(=O)/C=C/c2cc(O)c3c(c2)OCO3)cc(OC)c1O.COc1cc(C(=O)/C=C/c2cc(O)c3c(c2)OCO3)cc(OC)c1OC.COc1cc(OC)cc(C(=O)/C=C/c2cc(O)c3c(c2)OCO3)c1.COc1ccc(C(=O)/C=C/c2cc(O)c3c(c2)OCO3)c(OC)c1.COc1ccc(OC)c(C(=O)/C=C/c2cc(O)c3c(c2)OCO3)c1.COc1cccc(C(=O)/C=C/c2cc(O)c3c(c2)OCO3)c1. The minimum atomic E-state index is -0.325. The number of benzene rings is 12. The molecule has 750 valence electrons. The number of phenols is 7. The number of rotatable bonds is 30. The van der Waals surface area contributed by atoms with E-state index in [1.165, 1.54) is 162 Å². The van der Waals surface area contributed by atoms with Crippen LogP contribution in [0, 0.1) is 0 Å². The first kappa shape index (κ1) is 103. The Hall–Kier alpha value is -19.1. The number of aromatic hydroxyl groups is 7. The van der Waals surface area contributed by atoms with E-state index in [2.05, 4.69) is 0 Å². The summed E-state index contributed by atoms with van der Waals surface area (Å²) in [6.07, 6.45) is 17.9. The second kappa shape index (κ2) is 48.5. The van der Waals surface area contributed by atoms with Crippen molar-refractivity contribution in [1.82, 2.24) is 0 Å². The second-order valence-corrected chi connectivity index (χ2v) is 30.4. The Morgan fingerprint density at radius 2 is 0.490 bits per heavy atom. The standard InChI is InChI=1S/C19H18O7.C18H16O7.3C18H16O6.C17H14O5/c1-22-15-8-12(9-16(23-2)19(15)24-3)13(20)5-4-11-6-14(21)18-17(7-11)25-10-26-18;1-22-14-7-11(8-15(23-2)17(14)21)12(19)4-3-10-5-13(20)18-16(6-10)24-9-25-18;1-21-12-4-5-13(16(9-12)22-2)14(19)6-3-11-7-15(20)18-17(8-11)23-10-24-18;1-21-12-4-6-16(22-2)13(9-12)14(19)5-3-11-7-15(20)18-17(8-11)23-10-24-18;1-21-13-7-12(8-14(9-13)22-2)15(19)4-3-11-5-16(20)18-17(6-11)23-10-24-18;1-20-13-4-2-3-12(9-13)14(18)6-5-11-7-15(19)17-16(8-11)21-10-22-17/h4-9,21H,10H2,1-3H3;3-8,20-21H,9H2,1-2H3;3*3-9,20H,10H2,1-2H3;2-9,19H,10H2,1H3/b5-4+;4-3+;6-3+;5-3+;4-3+;6-5+. The van der Waals surface area contributed by atoms with Crippen LogP contribution < -0.4 is 114 Å². The van der Waals surface area contributed by atoms with Crippen molar-refractivity contribution >= 4 is 71.2 Å². The van der Waals surface area contributed by atoms with Crippen LogP contribution in [0.4, 0.5) is 0 Å². The lowest BCUT2D eigenvalue weighted by Crippen LogP contribution is -2.00. The van der Waals surface area contributed by atoms with E-state index >= 15 is 0 Å². The largest absolute Gasteiger partial charge is 0.504 e. The van der Waals surface area contributed by atoms with Gasteiger partial charge in [0.15, 0.2) is 127 Å². The van der Waals surface area contributed by atoms with E-state index in [9.17, 15) is 64.5 Å². The number of fused-ring (bicyclic) bond motifs is 6. The average molecular weight is 1990 g/mol. The Balaban J connectivity index is 0.000000146. The summed E-state index contributed by atoms with van der Waals surface area (Å²) in [4.78, 5) is 74.2. The van der Waals surface area contributed by atoms with Gasteiger partial charge in [-0.25, -0.2) is 0 Å². The quantitative estimate of drug-likeness (QED) is 0.0162. The Morgan fingerprint density at radius 1 is 0.221 bits per heavy atom. The molecular weight excluding hydrogens is 1890 g/mol. The highest BCUT2D eigenvalue weighted by Crippen LogP contribution is 2.49. The molecule has 0 saturated carbocycles. The van der Waals surface area contributed by atoms with Gasteiger partial charge < -0.3 is 149 Å². The summed E-state index contributed by atoms with van der Waals surface area (Å²) in [6, 6.07) is 46.9. The summed E-state index contributed by atoms with van der Waals surface area (Å²) in [5.41, 5.74) is 6.13. The fraction of sp³-hybridized carbons (Fsp3) is 0.167. The molecule has 145 heavy (non-hydrogen) atoms. The summed E-state index contributed by atoms with van der Waals surface area (Å²) >= 11 is 0. The van der Waals surface area contributed by atoms with Crippen LogP contribution >= 0.6 is 0 Å². The Bertz CT molecular complexity index is 6970. The Labute approximate surface area is 828 Å². The molecule has 0 atom stereocenters. The van der Waals surface area contributed by atoms with Gasteiger partial charge in [0, 0.05) is 34.4 Å². The third-order valence-corrected chi connectivity index (χ3v) is 21.5. The molecule has 0 aliphatic carbocycles. The highest BCUT2D eigenvalue weighted by atomic mass is 16.7. The number of phenolic OH excluding ortho intramolecular Hbond substituents is 7. The van der Waals surface area contributed by atoms with Gasteiger partial charge in [-0.05, 0) is 221 Å². The van der Waals surface area contributed by atoms with Crippen molar-refractivity contribution in [3.8, 4) is 178 Å². The van der Waals surface area contributed by atoms with Crippen LogP contribution in [0.1, 0.15) is 95.5 Å². The highest BCUT2D eigenvalue weighted by molar-refractivity contribution is 6.12. The van der Waals surface area contributed by atoms with Gasteiger partial charge in [0.25, 0.3) is 0 Å². The van der Waals surface area contributed by atoms with E-state index in [-0.39, 0.29) is 139 Å². The van der Waals surface area contributed by atoms with Crippen LogP contribution in [0.25, 0.3) is 36.5 Å². The van der Waals surface area contributed by atoms with Crippen molar-refractivity contribution in [3.05, 3.63) is 279 Å². The number of allylic oxidation sites excluding steroid dienone is 6. The molecule has 6 heterocycles. The molecule has 0 bridgehead atoms. The molecule has 0 aromatic heterocycles.